The van der Waals surface area contributed by atoms with E-state index in [1.54, 1.807) is 6.92 Å². The van der Waals surface area contributed by atoms with E-state index >= 15 is 0 Å². The van der Waals surface area contributed by atoms with Crippen LogP contribution < -0.4 is 0 Å². The number of fused-ring (bicyclic) bond motifs is 1. The number of ether oxygens (including phenoxy) is 4. The Kier molecular flexibility index (Phi) is 4.57. The molecule has 0 bridgehead atoms. The summed E-state index contributed by atoms with van der Waals surface area (Å²) in [6.45, 7) is 6.49. The molecule has 2 saturated heterocycles. The summed E-state index contributed by atoms with van der Waals surface area (Å²) in [6.07, 6.45) is -0.978. The molecule has 5 heteroatoms. The molecule has 22 heavy (non-hydrogen) atoms. The van der Waals surface area contributed by atoms with Crippen LogP contribution in [0.4, 0.5) is 0 Å². The monoisotopic (exact) mass is 304 g/mol. The van der Waals surface area contributed by atoms with Gasteiger partial charge in [-0.15, -0.1) is 0 Å². The molecule has 2 aliphatic rings. The molecule has 0 radical (unpaired) electrons. The molecule has 2 aliphatic heterocycles. The molecular formula is C17H20O5. The summed E-state index contributed by atoms with van der Waals surface area (Å²) in [4.78, 5) is 11.6. The van der Waals surface area contributed by atoms with Crippen LogP contribution in [-0.4, -0.2) is 43.6 Å². The minimum absolute atomic E-state index is 0.140. The Hall–Kier alpha value is -1.69. The lowest BCUT2D eigenvalue weighted by Crippen LogP contribution is -2.35. The second-order valence-electron chi connectivity index (χ2n) is 5.66. The van der Waals surface area contributed by atoms with Crippen LogP contribution in [0.5, 0.6) is 0 Å². The Bertz CT molecular complexity index is 541. The summed E-state index contributed by atoms with van der Waals surface area (Å²) < 4.78 is 22.7. The van der Waals surface area contributed by atoms with Crippen molar-refractivity contribution in [1.29, 1.82) is 0 Å². The van der Waals surface area contributed by atoms with Gasteiger partial charge in [-0.1, -0.05) is 36.9 Å². The predicted octanol–water partition coefficient (Wildman–Crippen LogP) is 1.86. The summed E-state index contributed by atoms with van der Waals surface area (Å²) in [5, 5.41) is 0. The Balaban J connectivity index is 1.54. The molecule has 0 N–H and O–H groups in total. The quantitative estimate of drug-likeness (QED) is 0.614. The van der Waals surface area contributed by atoms with Gasteiger partial charge in [0, 0.05) is 5.57 Å². The summed E-state index contributed by atoms with van der Waals surface area (Å²) in [6, 6.07) is 9.96. The normalized spacial score (nSPS) is 30.0. The fourth-order valence-corrected chi connectivity index (χ4v) is 2.69. The van der Waals surface area contributed by atoms with Crippen LogP contribution in [0.3, 0.4) is 0 Å². The summed E-state index contributed by atoms with van der Waals surface area (Å²) in [5.41, 5.74) is 1.48. The zero-order valence-corrected chi connectivity index (χ0v) is 12.6. The minimum atomic E-state index is -0.411. The van der Waals surface area contributed by atoms with E-state index < -0.39 is 5.97 Å². The molecule has 2 fully saturated rings. The lowest BCUT2D eigenvalue weighted by molar-refractivity contribution is -0.149. The lowest BCUT2D eigenvalue weighted by Gasteiger charge is -2.17. The van der Waals surface area contributed by atoms with E-state index in [0.29, 0.717) is 25.4 Å². The van der Waals surface area contributed by atoms with Gasteiger partial charge in [0.25, 0.3) is 0 Å². The Morgan fingerprint density at radius 2 is 1.82 bits per heavy atom. The van der Waals surface area contributed by atoms with Crippen molar-refractivity contribution in [2.24, 2.45) is 0 Å². The first-order chi connectivity index (χ1) is 10.6. The van der Waals surface area contributed by atoms with Crippen LogP contribution in [0.1, 0.15) is 12.5 Å². The minimum Gasteiger partial charge on any atom is -0.454 e. The molecule has 1 aromatic carbocycles. The number of rotatable bonds is 5. The third-order valence-electron chi connectivity index (χ3n) is 3.88. The van der Waals surface area contributed by atoms with Crippen LogP contribution in [0.25, 0.3) is 0 Å². The molecule has 118 valence electrons. The molecular weight excluding hydrogens is 284 g/mol. The topological polar surface area (TPSA) is 54.0 Å². The van der Waals surface area contributed by atoms with Crippen LogP contribution in [0, 0.1) is 0 Å². The molecule has 4 atom stereocenters. The highest BCUT2D eigenvalue weighted by Crippen LogP contribution is 2.31. The van der Waals surface area contributed by atoms with Crippen LogP contribution in [0.2, 0.25) is 0 Å². The first kappa shape index (κ1) is 15.2. The van der Waals surface area contributed by atoms with E-state index in [9.17, 15) is 4.79 Å². The largest absolute Gasteiger partial charge is 0.454 e. The van der Waals surface area contributed by atoms with Crippen molar-refractivity contribution in [1.82, 2.24) is 0 Å². The summed E-state index contributed by atoms with van der Waals surface area (Å²) in [5.74, 6) is -0.411. The maximum absolute atomic E-state index is 11.6. The maximum atomic E-state index is 11.6. The molecule has 0 unspecified atom stereocenters. The van der Waals surface area contributed by atoms with E-state index in [1.807, 2.05) is 30.3 Å². The van der Waals surface area contributed by atoms with Crippen molar-refractivity contribution < 1.29 is 23.7 Å². The molecule has 5 nitrogen and oxygen atoms in total. The fourth-order valence-electron chi connectivity index (χ4n) is 2.69. The van der Waals surface area contributed by atoms with Gasteiger partial charge >= 0.3 is 5.97 Å². The van der Waals surface area contributed by atoms with Gasteiger partial charge in [0.2, 0.25) is 0 Å². The summed E-state index contributed by atoms with van der Waals surface area (Å²) >= 11 is 0. The van der Waals surface area contributed by atoms with Gasteiger partial charge < -0.3 is 18.9 Å². The molecule has 3 rings (SSSR count). The average Bonchev–Trinajstić information content (AvgIpc) is 3.09. The van der Waals surface area contributed by atoms with Gasteiger partial charge in [0.15, 0.2) is 6.10 Å². The number of benzene rings is 1. The van der Waals surface area contributed by atoms with Crippen LogP contribution >= 0.6 is 0 Å². The first-order valence-electron chi connectivity index (χ1n) is 7.40. The highest BCUT2D eigenvalue weighted by molar-refractivity contribution is 5.87. The Labute approximate surface area is 129 Å². The van der Waals surface area contributed by atoms with Crippen molar-refractivity contribution in [3.63, 3.8) is 0 Å². The molecule has 0 spiro atoms. The number of carbonyl (C=O) groups is 1. The first-order valence-corrected chi connectivity index (χ1v) is 7.40. The fraction of sp³-hybridized carbons (Fsp3) is 0.471. The zero-order valence-electron chi connectivity index (χ0n) is 12.6. The van der Waals surface area contributed by atoms with E-state index in [1.165, 1.54) is 0 Å². The van der Waals surface area contributed by atoms with Gasteiger partial charge in [0.1, 0.15) is 18.3 Å². The van der Waals surface area contributed by atoms with Gasteiger partial charge in [-0.3, -0.25) is 0 Å². The van der Waals surface area contributed by atoms with Crippen LogP contribution in [-0.2, 0) is 30.3 Å². The second kappa shape index (κ2) is 6.60. The smallest absolute Gasteiger partial charge is 0.333 e. The Morgan fingerprint density at radius 1 is 1.18 bits per heavy atom. The molecule has 2 heterocycles. The third-order valence-corrected chi connectivity index (χ3v) is 3.88. The van der Waals surface area contributed by atoms with Crippen molar-refractivity contribution in [3.8, 4) is 0 Å². The SMILES string of the molecule is C=C(C)C(=O)O[C@@H]1CO[C@H]2[C@@H]1OC[C@H]2OCc1ccccc1. The standard InChI is InChI=1S/C17H20O5/c1-11(2)17(18)22-14-10-21-15-13(9-20-16(14)15)19-8-12-6-4-3-5-7-12/h3-7,13-16H,1,8-10H2,2H3/t13-,14-,15-,16-/m1/s1. The molecule has 0 amide bonds. The van der Waals surface area contributed by atoms with Gasteiger partial charge in [-0.2, -0.15) is 0 Å². The lowest BCUT2D eigenvalue weighted by atomic mass is 10.1. The Morgan fingerprint density at radius 3 is 2.50 bits per heavy atom. The van der Waals surface area contributed by atoms with E-state index in [4.69, 9.17) is 18.9 Å². The number of hydrogen-bond acceptors (Lipinski definition) is 5. The molecule has 1 aromatic rings. The van der Waals surface area contributed by atoms with Crippen molar-refractivity contribution in [3.05, 3.63) is 48.0 Å². The van der Waals surface area contributed by atoms with E-state index in [0.717, 1.165) is 5.56 Å². The van der Waals surface area contributed by atoms with Crippen molar-refractivity contribution >= 4 is 5.97 Å². The molecule has 0 aromatic heterocycles. The molecule has 0 saturated carbocycles. The van der Waals surface area contributed by atoms with Crippen LogP contribution in [0.15, 0.2) is 42.5 Å². The maximum Gasteiger partial charge on any atom is 0.333 e. The highest BCUT2D eigenvalue weighted by atomic mass is 16.7. The van der Waals surface area contributed by atoms with Gasteiger partial charge in [0.05, 0.1) is 19.8 Å². The number of hydrogen-bond donors (Lipinski definition) is 0. The predicted molar refractivity (Wildman–Crippen MR) is 79.2 cm³/mol. The third kappa shape index (κ3) is 3.21. The second-order valence-corrected chi connectivity index (χ2v) is 5.66. The van der Waals surface area contributed by atoms with Gasteiger partial charge in [-0.25, -0.2) is 4.79 Å². The molecule has 0 aliphatic carbocycles. The van der Waals surface area contributed by atoms with Crippen molar-refractivity contribution in [2.45, 2.75) is 37.9 Å². The van der Waals surface area contributed by atoms with E-state index in [2.05, 4.69) is 6.58 Å². The number of carbonyl (C=O) groups excluding carboxylic acids is 1. The zero-order chi connectivity index (χ0) is 15.5. The highest BCUT2D eigenvalue weighted by Gasteiger charge is 2.50. The average molecular weight is 304 g/mol. The number of esters is 1. The summed E-state index contributed by atoms with van der Waals surface area (Å²) in [7, 11) is 0. The van der Waals surface area contributed by atoms with Gasteiger partial charge in [-0.05, 0) is 12.5 Å². The van der Waals surface area contributed by atoms with Crippen molar-refractivity contribution in [2.75, 3.05) is 13.2 Å². The van der Waals surface area contributed by atoms with E-state index in [-0.39, 0.29) is 24.4 Å².